The van der Waals surface area contributed by atoms with Gasteiger partial charge in [-0.05, 0) is 53.5 Å². The van der Waals surface area contributed by atoms with E-state index < -0.39 is 10.7 Å². The molecular weight excluding hydrogens is 374 g/mol. The number of hydrogen-bond acceptors (Lipinski definition) is 6. The third-order valence-corrected chi connectivity index (χ3v) is 3.91. The Kier molecular flexibility index (Phi) is 5.37. The summed E-state index contributed by atoms with van der Waals surface area (Å²) in [5, 5.41) is 14.5. The fraction of sp³-hybridized carbons (Fsp3) is 0.111. The van der Waals surface area contributed by atoms with Crippen LogP contribution in [0.4, 0.5) is 5.82 Å². The van der Waals surface area contributed by atoms with Crippen LogP contribution in [0.5, 0.6) is 5.75 Å². The number of halogens is 1. The maximum atomic E-state index is 12.2. The first-order valence-corrected chi connectivity index (χ1v) is 8.16. The third-order valence-electron chi connectivity index (χ3n) is 3.65. The molecule has 0 atom stereocenters. The molecule has 0 aliphatic rings. The summed E-state index contributed by atoms with van der Waals surface area (Å²) in [6.45, 7) is 0.174. The van der Waals surface area contributed by atoms with Crippen LogP contribution in [0.1, 0.15) is 21.9 Å². The van der Waals surface area contributed by atoms with Crippen molar-refractivity contribution in [1.82, 2.24) is 9.78 Å². The van der Waals surface area contributed by atoms with Gasteiger partial charge in [-0.15, -0.1) is 0 Å². The summed E-state index contributed by atoms with van der Waals surface area (Å²) in [6, 6.07) is 10.1. The zero-order chi connectivity index (χ0) is 19.4. The number of allylic oxidation sites excluding steroid dienone is 1. The molecule has 2 aromatic heterocycles. The molecule has 0 saturated heterocycles. The summed E-state index contributed by atoms with van der Waals surface area (Å²) < 4.78 is 12.0. The van der Waals surface area contributed by atoms with Crippen molar-refractivity contribution >= 4 is 29.3 Å². The molecule has 3 rings (SSSR count). The molecule has 0 fully saturated rings. The van der Waals surface area contributed by atoms with E-state index in [2.05, 4.69) is 5.10 Å². The van der Waals surface area contributed by atoms with Crippen LogP contribution in [0.25, 0.3) is 6.08 Å². The molecule has 0 bridgehead atoms. The molecule has 3 aromatic rings. The van der Waals surface area contributed by atoms with Crippen molar-refractivity contribution in [1.29, 1.82) is 0 Å². The van der Waals surface area contributed by atoms with Crippen LogP contribution < -0.4 is 4.74 Å². The molecule has 138 valence electrons. The summed E-state index contributed by atoms with van der Waals surface area (Å²) in [4.78, 5) is 22.3. The highest BCUT2D eigenvalue weighted by Crippen LogP contribution is 2.22. The van der Waals surface area contributed by atoms with Gasteiger partial charge < -0.3 is 19.3 Å². The van der Waals surface area contributed by atoms with Crippen molar-refractivity contribution in [2.75, 3.05) is 7.11 Å². The number of rotatable bonds is 7. The lowest BCUT2D eigenvalue weighted by atomic mass is 10.1. The second kappa shape index (κ2) is 7.88. The van der Waals surface area contributed by atoms with E-state index in [-0.39, 0.29) is 17.4 Å². The van der Waals surface area contributed by atoms with Gasteiger partial charge in [0.25, 0.3) is 0 Å². The largest absolute Gasteiger partial charge is 0.497 e. The van der Waals surface area contributed by atoms with Gasteiger partial charge in [0.15, 0.2) is 10.8 Å². The average molecular weight is 388 g/mol. The number of benzene rings is 1. The Bertz CT molecular complexity index is 1000. The molecule has 0 aliphatic heterocycles. The van der Waals surface area contributed by atoms with Gasteiger partial charge in [0.1, 0.15) is 23.8 Å². The number of aromatic nitrogens is 2. The molecular formula is C18H14ClN3O5. The molecule has 0 radical (unpaired) electrons. The van der Waals surface area contributed by atoms with Gasteiger partial charge in [-0.1, -0.05) is 11.6 Å². The van der Waals surface area contributed by atoms with Crippen molar-refractivity contribution in [2.24, 2.45) is 0 Å². The lowest BCUT2D eigenvalue weighted by Gasteiger charge is -1.99. The van der Waals surface area contributed by atoms with Crippen molar-refractivity contribution in [3.05, 3.63) is 80.9 Å². The van der Waals surface area contributed by atoms with Crippen LogP contribution in [0.3, 0.4) is 0 Å². The lowest BCUT2D eigenvalue weighted by molar-refractivity contribution is -0.389. The van der Waals surface area contributed by atoms with E-state index in [1.54, 1.807) is 49.6 Å². The maximum absolute atomic E-state index is 12.2. The number of nitro groups is 1. The number of hydrogen-bond donors (Lipinski definition) is 0. The van der Waals surface area contributed by atoms with Crippen molar-refractivity contribution < 1.29 is 18.9 Å². The zero-order valence-corrected chi connectivity index (χ0v) is 14.9. The summed E-state index contributed by atoms with van der Waals surface area (Å²) in [5.41, 5.74) is 0.525. The first-order valence-electron chi connectivity index (χ1n) is 7.79. The van der Waals surface area contributed by atoms with E-state index in [1.807, 2.05) is 0 Å². The minimum atomic E-state index is -0.653. The van der Waals surface area contributed by atoms with Crippen molar-refractivity contribution in [3.8, 4) is 5.75 Å². The number of ketones is 1. The van der Waals surface area contributed by atoms with Crippen LogP contribution in [0.2, 0.25) is 5.02 Å². The fourth-order valence-corrected chi connectivity index (χ4v) is 2.55. The Morgan fingerprint density at radius 1 is 1.33 bits per heavy atom. The molecule has 0 saturated carbocycles. The van der Waals surface area contributed by atoms with Gasteiger partial charge in [0.05, 0.1) is 18.4 Å². The van der Waals surface area contributed by atoms with Crippen LogP contribution in [-0.2, 0) is 6.54 Å². The Morgan fingerprint density at radius 2 is 2.07 bits per heavy atom. The highest BCUT2D eigenvalue weighted by Gasteiger charge is 2.19. The number of furan rings is 1. The molecule has 8 nitrogen and oxygen atoms in total. The minimum Gasteiger partial charge on any atom is -0.497 e. The second-order valence-corrected chi connectivity index (χ2v) is 5.89. The molecule has 0 aliphatic carbocycles. The molecule has 9 heteroatoms. The highest BCUT2D eigenvalue weighted by atomic mass is 35.5. The standard InChI is InChI=1S/C18H14ClN3O5/c1-26-13-4-2-12(3-5-13)17(23)9-8-14-6-7-15(27-14)10-21-11-16(19)18(20-21)22(24)25/h2-9,11H,10H2,1H3/b9-8+. The van der Waals surface area contributed by atoms with E-state index in [0.717, 1.165) is 0 Å². The van der Waals surface area contributed by atoms with Gasteiger partial charge in [0.2, 0.25) is 0 Å². The normalized spacial score (nSPS) is 11.0. The summed E-state index contributed by atoms with van der Waals surface area (Å²) in [7, 11) is 1.56. The van der Waals surface area contributed by atoms with Gasteiger partial charge in [0, 0.05) is 5.56 Å². The quantitative estimate of drug-likeness (QED) is 0.263. The summed E-state index contributed by atoms with van der Waals surface area (Å²) in [6.07, 6.45) is 4.31. The predicted octanol–water partition coefficient (Wildman–Crippen LogP) is 3.99. The highest BCUT2D eigenvalue weighted by molar-refractivity contribution is 6.32. The monoisotopic (exact) mass is 387 g/mol. The smallest absolute Gasteiger partial charge is 0.408 e. The first-order chi connectivity index (χ1) is 13.0. The van der Waals surface area contributed by atoms with Gasteiger partial charge in [-0.25, -0.2) is 0 Å². The van der Waals surface area contributed by atoms with E-state index in [0.29, 0.717) is 22.8 Å². The number of methoxy groups -OCH3 is 1. The van der Waals surface area contributed by atoms with Crippen molar-refractivity contribution in [3.63, 3.8) is 0 Å². The van der Waals surface area contributed by atoms with E-state index in [4.69, 9.17) is 20.8 Å². The molecule has 0 spiro atoms. The molecule has 1 aromatic carbocycles. The maximum Gasteiger partial charge on any atom is 0.408 e. The molecule has 0 N–H and O–H groups in total. The fourth-order valence-electron chi connectivity index (χ4n) is 2.33. The Hall–Kier alpha value is -3.39. The Labute approximate surface area is 158 Å². The van der Waals surface area contributed by atoms with E-state index >= 15 is 0 Å². The van der Waals surface area contributed by atoms with Gasteiger partial charge >= 0.3 is 5.82 Å². The van der Waals surface area contributed by atoms with Crippen LogP contribution in [-0.4, -0.2) is 27.6 Å². The zero-order valence-electron chi connectivity index (χ0n) is 14.2. The lowest BCUT2D eigenvalue weighted by Crippen LogP contribution is -2.00. The minimum absolute atomic E-state index is 0.0447. The predicted molar refractivity (Wildman–Crippen MR) is 98.1 cm³/mol. The van der Waals surface area contributed by atoms with E-state index in [9.17, 15) is 14.9 Å². The summed E-state index contributed by atoms with van der Waals surface area (Å²) >= 11 is 5.76. The summed E-state index contributed by atoms with van der Waals surface area (Å²) in [5.74, 6) is 1.07. The van der Waals surface area contributed by atoms with Crippen LogP contribution in [0, 0.1) is 10.1 Å². The molecule has 27 heavy (non-hydrogen) atoms. The molecule has 0 unspecified atom stereocenters. The number of nitrogens with zero attached hydrogens (tertiary/aromatic N) is 3. The number of carbonyl (C=O) groups excluding carboxylic acids is 1. The van der Waals surface area contributed by atoms with Crippen molar-refractivity contribution in [2.45, 2.75) is 6.54 Å². The second-order valence-electron chi connectivity index (χ2n) is 5.49. The van der Waals surface area contributed by atoms with Crippen LogP contribution >= 0.6 is 11.6 Å². The number of ether oxygens (including phenoxy) is 1. The molecule has 2 heterocycles. The van der Waals surface area contributed by atoms with Crippen LogP contribution in [0.15, 0.2) is 53.1 Å². The Balaban J connectivity index is 1.66. The molecule has 0 amide bonds. The first kappa shape index (κ1) is 18.4. The van der Waals surface area contributed by atoms with Gasteiger partial charge in [-0.3, -0.25) is 4.79 Å². The average Bonchev–Trinajstić information content (AvgIpc) is 3.26. The SMILES string of the molecule is COc1ccc(C(=O)/C=C/c2ccc(Cn3cc(Cl)c([N+](=O)[O-])n3)o2)cc1. The third kappa shape index (κ3) is 4.42. The Morgan fingerprint density at radius 3 is 2.70 bits per heavy atom. The topological polar surface area (TPSA) is 100 Å². The van der Waals surface area contributed by atoms with E-state index in [1.165, 1.54) is 17.0 Å². The van der Waals surface area contributed by atoms with Gasteiger partial charge in [-0.2, -0.15) is 4.68 Å². The number of carbonyl (C=O) groups is 1.